The van der Waals surface area contributed by atoms with Crippen LogP contribution in [0.2, 0.25) is 0 Å². The summed E-state index contributed by atoms with van der Waals surface area (Å²) in [6.07, 6.45) is 0. The number of nitrogens with one attached hydrogen (secondary N) is 1. The van der Waals surface area contributed by atoms with Gasteiger partial charge in [-0.15, -0.1) is 30.7 Å². The molecule has 0 radical (unpaired) electrons. The zero-order valence-corrected chi connectivity index (χ0v) is 33.1. The summed E-state index contributed by atoms with van der Waals surface area (Å²) in [7, 11) is -27.9. The van der Waals surface area contributed by atoms with Gasteiger partial charge in [-0.3, -0.25) is 32.9 Å². The van der Waals surface area contributed by atoms with Crippen LogP contribution >= 0.6 is 0 Å². The van der Waals surface area contributed by atoms with Crippen molar-refractivity contribution in [1.82, 2.24) is 10.2 Å². The molecule has 0 bridgehead atoms. The molecule has 1 heterocycles. The first-order valence-electron chi connectivity index (χ1n) is 15.0. The van der Waals surface area contributed by atoms with E-state index >= 15 is 0 Å². The minimum absolute atomic E-state index is 0.0855. The fourth-order valence-electron chi connectivity index (χ4n) is 4.94. The Bertz CT molecular complexity index is 3480. The van der Waals surface area contributed by atoms with Crippen LogP contribution in [0.4, 0.5) is 39.8 Å². The number of nitro groups is 1. The summed E-state index contributed by atoms with van der Waals surface area (Å²) in [5, 5.41) is 75.3. The highest BCUT2D eigenvalue weighted by atomic mass is 32.2. The minimum atomic E-state index is -5.70. The molecule has 4 aromatic carbocycles. The number of nitrogens with zero attached hydrogens (tertiary/aromatic N) is 8. The Balaban J connectivity index is 1.80. The van der Waals surface area contributed by atoms with E-state index in [4.69, 9.17) is 0 Å². The molecular formula is C26H17N9O22S5. The lowest BCUT2D eigenvalue weighted by molar-refractivity contribution is -0.385. The third-order valence-corrected chi connectivity index (χ3v) is 11.9. The van der Waals surface area contributed by atoms with Gasteiger partial charge in [0.2, 0.25) is 11.6 Å². The molecule has 0 unspecified atom stereocenters. The average molecular weight is 968 g/mol. The number of benzene rings is 4. The molecule has 0 spiro atoms. The Hall–Kier alpha value is -7.03. The van der Waals surface area contributed by atoms with E-state index in [0.717, 1.165) is 0 Å². The van der Waals surface area contributed by atoms with Crippen molar-refractivity contribution in [3.05, 3.63) is 58.3 Å². The predicted molar refractivity (Wildman–Crippen MR) is 196 cm³/mol. The van der Waals surface area contributed by atoms with Gasteiger partial charge in [0.15, 0.2) is 17.2 Å². The van der Waals surface area contributed by atoms with Crippen molar-refractivity contribution < 1.29 is 95.0 Å². The van der Waals surface area contributed by atoms with Crippen molar-refractivity contribution in [1.29, 1.82) is 0 Å². The zero-order valence-electron chi connectivity index (χ0n) is 29.0. The molecule has 0 aliphatic carbocycles. The normalized spacial score (nSPS) is 13.2. The topological polar surface area (TPSA) is 516 Å². The van der Waals surface area contributed by atoms with Gasteiger partial charge in [-0.2, -0.15) is 47.2 Å². The van der Waals surface area contributed by atoms with E-state index in [2.05, 4.69) is 35.8 Å². The van der Waals surface area contributed by atoms with E-state index in [9.17, 15) is 100 Å². The zero-order chi connectivity index (χ0) is 46.7. The first-order valence-corrected chi connectivity index (χ1v) is 22.2. The van der Waals surface area contributed by atoms with Crippen molar-refractivity contribution in [2.24, 2.45) is 30.7 Å². The second kappa shape index (κ2) is 15.8. The highest BCUT2D eigenvalue weighted by molar-refractivity contribution is 7.87. The van der Waals surface area contributed by atoms with Crippen LogP contribution in [0.15, 0.2) is 97.6 Å². The minimum Gasteiger partial charge on any atom is -0.505 e. The number of phenols is 2. The number of aromatic hydroxyl groups is 3. The van der Waals surface area contributed by atoms with Crippen LogP contribution in [0.5, 0.6) is 17.4 Å². The number of phenolic OH excluding ortho intramolecular Hbond substituents is 2. The molecule has 1 aromatic heterocycles. The van der Waals surface area contributed by atoms with Crippen LogP contribution in [0.1, 0.15) is 10.5 Å². The quantitative estimate of drug-likeness (QED) is 0.0347. The number of rotatable bonds is 13. The SMILES string of the molecule is O=C(O)c1n[nH]c(O)c1/N=N/c1cc(S(=O)(=O)O)c(/N=N/c2c(S(=O)(=O)O)cc3cc(S(=O)(=O)O)c(/N=N/c4ccc([N+](=O)[O-])cc4S(=O)(=O)O)c(O)c3c2O)cc1S(=O)(=O)O. The summed E-state index contributed by atoms with van der Waals surface area (Å²) in [5.41, 5.74) is -9.35. The molecule has 0 aliphatic heterocycles. The maximum atomic E-state index is 12.5. The molecule has 31 nitrogen and oxygen atoms in total. The summed E-state index contributed by atoms with van der Waals surface area (Å²) in [6.45, 7) is 0. The van der Waals surface area contributed by atoms with Gasteiger partial charge in [-0.25, -0.2) is 9.89 Å². The van der Waals surface area contributed by atoms with E-state index in [1.54, 1.807) is 5.10 Å². The average Bonchev–Trinajstić information content (AvgIpc) is 3.50. The number of hydrogen-bond donors (Lipinski definition) is 10. The van der Waals surface area contributed by atoms with Crippen LogP contribution in [-0.2, 0) is 50.6 Å². The Morgan fingerprint density at radius 2 is 0.952 bits per heavy atom. The number of carboxylic acids is 1. The molecule has 0 saturated carbocycles. The summed E-state index contributed by atoms with van der Waals surface area (Å²) >= 11 is 0. The second-order valence-electron chi connectivity index (χ2n) is 11.5. The highest BCUT2D eigenvalue weighted by Crippen LogP contribution is 2.50. The van der Waals surface area contributed by atoms with Gasteiger partial charge in [0.1, 0.15) is 52.9 Å². The van der Waals surface area contributed by atoms with Crippen LogP contribution in [0, 0.1) is 10.1 Å². The van der Waals surface area contributed by atoms with Crippen molar-refractivity contribution >= 4 is 107 Å². The molecule has 36 heteroatoms. The third-order valence-electron chi connectivity index (χ3n) is 7.53. The Morgan fingerprint density at radius 1 is 0.565 bits per heavy atom. The van der Waals surface area contributed by atoms with Crippen molar-refractivity contribution in [3.63, 3.8) is 0 Å². The fraction of sp³-hybridized carbons (Fsp3) is 0. The molecule has 62 heavy (non-hydrogen) atoms. The molecule has 0 fully saturated rings. The summed E-state index contributed by atoms with van der Waals surface area (Å²) in [6, 6.07) is 2.26. The standard InChI is InChI=1S/C26H17N9O22S5/c36-23-18-8(3-16(61(52,53)54)19(23)30-27-10-2-1-9(35(41)42)5-13(10)58(43,44)45)4-17(62(55,56)57)20(24(18)37)31-28-11-6-15(60(49,50)51)12(7-14(11)59(46,47)48)29-32-21-22(26(39)40)33-34-25(21)38/h1-7,36-37H,(H,39,40)(H2,33,34,38)(H,43,44,45)(H,46,47,48)(H,49,50,51)(H,52,53,54)(H,55,56,57)/b30-27+,31-28+,32-29+. The number of H-pyrrole nitrogens is 1. The molecule has 0 amide bonds. The van der Waals surface area contributed by atoms with Crippen molar-refractivity contribution in [2.75, 3.05) is 0 Å². The molecule has 5 rings (SSSR count). The molecule has 0 saturated heterocycles. The van der Waals surface area contributed by atoms with Crippen LogP contribution in [0.25, 0.3) is 10.8 Å². The Morgan fingerprint density at radius 3 is 1.34 bits per heavy atom. The molecule has 5 aromatic rings. The number of carboxylic acid groups (broad SMARTS) is 1. The number of aromatic nitrogens is 2. The second-order valence-corrected chi connectivity index (χ2v) is 18.4. The number of aromatic amines is 1. The molecule has 0 aliphatic rings. The van der Waals surface area contributed by atoms with Gasteiger partial charge in [-0.05, 0) is 35.7 Å². The van der Waals surface area contributed by atoms with Crippen molar-refractivity contribution in [3.8, 4) is 17.4 Å². The number of azo groups is 3. The fourth-order valence-corrected chi connectivity index (χ4v) is 8.15. The lowest BCUT2D eigenvalue weighted by atomic mass is 10.1. The lowest BCUT2D eigenvalue weighted by Crippen LogP contribution is -2.03. The van der Waals surface area contributed by atoms with Gasteiger partial charge in [-0.1, -0.05) is 0 Å². The van der Waals surface area contributed by atoms with Gasteiger partial charge >= 0.3 is 5.97 Å². The summed E-state index contributed by atoms with van der Waals surface area (Å²) in [4.78, 5) is 14.1. The summed E-state index contributed by atoms with van der Waals surface area (Å²) < 4.78 is 172. The smallest absolute Gasteiger partial charge is 0.358 e. The van der Waals surface area contributed by atoms with Crippen LogP contribution in [-0.4, -0.2) is 106 Å². The van der Waals surface area contributed by atoms with E-state index in [0.29, 0.717) is 24.3 Å². The predicted octanol–water partition coefficient (Wildman–Crippen LogP) is 3.77. The van der Waals surface area contributed by atoms with Crippen LogP contribution in [0.3, 0.4) is 0 Å². The molecular weight excluding hydrogens is 951 g/mol. The Labute approximate surface area is 342 Å². The molecule has 328 valence electrons. The lowest BCUT2D eigenvalue weighted by Gasteiger charge is -2.13. The number of non-ortho nitro benzene ring substituents is 1. The number of fused-ring (bicyclic) bond motifs is 1. The maximum Gasteiger partial charge on any atom is 0.358 e. The van der Waals surface area contributed by atoms with Gasteiger partial charge < -0.3 is 20.4 Å². The van der Waals surface area contributed by atoms with Gasteiger partial charge in [0, 0.05) is 12.1 Å². The monoisotopic (exact) mass is 967 g/mol. The van der Waals surface area contributed by atoms with Gasteiger partial charge in [0.05, 0.1) is 10.3 Å². The molecule has 10 N–H and O–H groups in total. The van der Waals surface area contributed by atoms with E-state index < -0.39 is 160 Å². The van der Waals surface area contributed by atoms with Crippen molar-refractivity contribution in [2.45, 2.75) is 24.5 Å². The number of carbonyl (C=O) groups is 1. The largest absolute Gasteiger partial charge is 0.505 e. The number of aromatic carboxylic acids is 1. The third kappa shape index (κ3) is 9.31. The number of hydrogen-bond acceptors (Lipinski definition) is 23. The van der Waals surface area contributed by atoms with E-state index in [1.807, 2.05) is 0 Å². The van der Waals surface area contributed by atoms with E-state index in [-0.39, 0.29) is 18.2 Å². The highest BCUT2D eigenvalue weighted by Gasteiger charge is 2.31. The Kier molecular flexibility index (Phi) is 11.7. The first kappa shape index (κ1) is 46.0. The van der Waals surface area contributed by atoms with E-state index in [1.165, 1.54) is 0 Å². The maximum absolute atomic E-state index is 12.5. The van der Waals surface area contributed by atoms with Crippen LogP contribution < -0.4 is 0 Å². The first-order chi connectivity index (χ1) is 28.3. The summed E-state index contributed by atoms with van der Waals surface area (Å²) in [5.74, 6) is -6.12. The number of nitro benzene ring substituents is 1. The molecule has 0 atom stereocenters. The van der Waals surface area contributed by atoms with Gasteiger partial charge in [0.25, 0.3) is 56.3 Å².